The van der Waals surface area contributed by atoms with Crippen LogP contribution < -0.4 is 5.73 Å². The van der Waals surface area contributed by atoms with Crippen molar-refractivity contribution < 1.29 is 0 Å². The van der Waals surface area contributed by atoms with E-state index in [0.717, 1.165) is 5.82 Å². The van der Waals surface area contributed by atoms with E-state index >= 15 is 0 Å². The molecule has 1 heterocycles. The van der Waals surface area contributed by atoms with E-state index in [1.165, 1.54) is 30.5 Å². The lowest BCUT2D eigenvalue weighted by Crippen LogP contribution is -2.10. The number of hydrogen-bond acceptors (Lipinski definition) is 2. The summed E-state index contributed by atoms with van der Waals surface area (Å²) in [5.74, 6) is 1.50. The van der Waals surface area contributed by atoms with Crippen LogP contribution in [-0.4, -0.2) is 9.78 Å². The number of aromatic nitrogens is 2. The van der Waals surface area contributed by atoms with E-state index < -0.39 is 0 Å². The van der Waals surface area contributed by atoms with Crippen LogP contribution >= 0.6 is 0 Å². The lowest BCUT2D eigenvalue weighted by Gasteiger charge is -2.23. The van der Waals surface area contributed by atoms with Crippen LogP contribution in [0, 0.1) is 6.92 Å². The zero-order valence-corrected chi connectivity index (χ0v) is 7.67. The molecule has 0 spiro atoms. The fourth-order valence-corrected chi connectivity index (χ4v) is 1.73. The molecule has 1 aromatic heterocycles. The molecule has 1 saturated carbocycles. The number of hydrogen-bond donors (Lipinski definition) is 1. The van der Waals surface area contributed by atoms with Crippen LogP contribution in [0.3, 0.4) is 0 Å². The standard InChI is InChI=1S/C9H15N3/c1-6-8(7-4-3-5-7)11-12(2)9(6)10/h7H,3-5,10H2,1-2H3. The second-order valence-corrected chi connectivity index (χ2v) is 3.65. The van der Waals surface area contributed by atoms with E-state index in [4.69, 9.17) is 5.73 Å². The largest absolute Gasteiger partial charge is 0.384 e. The summed E-state index contributed by atoms with van der Waals surface area (Å²) >= 11 is 0. The van der Waals surface area contributed by atoms with Crippen molar-refractivity contribution in [3.8, 4) is 0 Å². The first kappa shape index (κ1) is 7.65. The third kappa shape index (κ3) is 0.924. The van der Waals surface area contributed by atoms with Gasteiger partial charge in [0.1, 0.15) is 5.82 Å². The SMILES string of the molecule is Cc1c(C2CCC2)nn(C)c1N. The van der Waals surface area contributed by atoms with Gasteiger partial charge in [0.2, 0.25) is 0 Å². The summed E-state index contributed by atoms with van der Waals surface area (Å²) in [6, 6.07) is 0. The smallest absolute Gasteiger partial charge is 0.124 e. The molecule has 0 unspecified atom stereocenters. The third-order valence-electron chi connectivity index (χ3n) is 2.87. The molecule has 0 atom stereocenters. The molecule has 0 amide bonds. The average Bonchev–Trinajstić information content (AvgIpc) is 2.15. The van der Waals surface area contributed by atoms with Gasteiger partial charge in [-0.15, -0.1) is 0 Å². The summed E-state index contributed by atoms with van der Waals surface area (Å²) in [5, 5.41) is 4.42. The van der Waals surface area contributed by atoms with Gasteiger partial charge in [-0.25, -0.2) is 0 Å². The van der Waals surface area contributed by atoms with Crippen LogP contribution in [0.2, 0.25) is 0 Å². The van der Waals surface area contributed by atoms with Gasteiger partial charge in [-0.1, -0.05) is 6.42 Å². The number of nitrogens with two attached hydrogens (primary N) is 1. The Morgan fingerprint density at radius 3 is 2.50 bits per heavy atom. The van der Waals surface area contributed by atoms with Crippen molar-refractivity contribution in [2.45, 2.75) is 32.1 Å². The summed E-state index contributed by atoms with van der Waals surface area (Å²) in [7, 11) is 1.91. The molecule has 0 saturated heterocycles. The van der Waals surface area contributed by atoms with Crippen LogP contribution in [0.1, 0.15) is 36.4 Å². The molecule has 3 nitrogen and oxygen atoms in total. The molecule has 0 radical (unpaired) electrons. The van der Waals surface area contributed by atoms with Gasteiger partial charge in [0.25, 0.3) is 0 Å². The molecule has 1 aliphatic rings. The molecular weight excluding hydrogens is 150 g/mol. The minimum atomic E-state index is 0.688. The fraction of sp³-hybridized carbons (Fsp3) is 0.667. The molecule has 66 valence electrons. The van der Waals surface area contributed by atoms with Crippen LogP contribution in [0.15, 0.2) is 0 Å². The van der Waals surface area contributed by atoms with Gasteiger partial charge in [0, 0.05) is 18.5 Å². The van der Waals surface area contributed by atoms with E-state index in [9.17, 15) is 0 Å². The Labute approximate surface area is 72.6 Å². The molecule has 0 bridgehead atoms. The van der Waals surface area contributed by atoms with Crippen molar-refractivity contribution in [3.63, 3.8) is 0 Å². The molecule has 2 rings (SSSR count). The van der Waals surface area contributed by atoms with Crippen molar-refractivity contribution in [2.75, 3.05) is 5.73 Å². The van der Waals surface area contributed by atoms with E-state index in [1.54, 1.807) is 4.68 Å². The van der Waals surface area contributed by atoms with Crippen molar-refractivity contribution >= 4 is 5.82 Å². The molecule has 1 aliphatic carbocycles. The lowest BCUT2D eigenvalue weighted by atomic mass is 9.82. The van der Waals surface area contributed by atoms with Gasteiger partial charge in [0.15, 0.2) is 0 Å². The number of nitrogens with zero attached hydrogens (tertiary/aromatic N) is 2. The summed E-state index contributed by atoms with van der Waals surface area (Å²) in [6.45, 7) is 2.07. The minimum Gasteiger partial charge on any atom is -0.384 e. The zero-order chi connectivity index (χ0) is 8.72. The zero-order valence-electron chi connectivity index (χ0n) is 7.67. The van der Waals surface area contributed by atoms with Gasteiger partial charge in [-0.05, 0) is 19.8 Å². The van der Waals surface area contributed by atoms with Gasteiger partial charge < -0.3 is 5.73 Å². The topological polar surface area (TPSA) is 43.8 Å². The summed E-state index contributed by atoms with van der Waals surface area (Å²) in [4.78, 5) is 0. The Morgan fingerprint density at radius 2 is 2.17 bits per heavy atom. The second-order valence-electron chi connectivity index (χ2n) is 3.65. The first-order chi connectivity index (χ1) is 5.70. The highest BCUT2D eigenvalue weighted by Gasteiger charge is 2.25. The van der Waals surface area contributed by atoms with Crippen LogP contribution in [0.4, 0.5) is 5.82 Å². The fourth-order valence-electron chi connectivity index (χ4n) is 1.73. The van der Waals surface area contributed by atoms with Crippen molar-refractivity contribution in [1.29, 1.82) is 0 Å². The summed E-state index contributed by atoms with van der Waals surface area (Å²) in [5.41, 5.74) is 8.23. The predicted molar refractivity (Wildman–Crippen MR) is 48.9 cm³/mol. The number of rotatable bonds is 1. The molecule has 1 aromatic rings. The Kier molecular flexibility index (Phi) is 1.60. The normalized spacial score (nSPS) is 17.8. The molecule has 2 N–H and O–H groups in total. The Morgan fingerprint density at radius 1 is 1.50 bits per heavy atom. The van der Waals surface area contributed by atoms with Crippen LogP contribution in [-0.2, 0) is 7.05 Å². The van der Waals surface area contributed by atoms with Gasteiger partial charge in [-0.3, -0.25) is 4.68 Å². The maximum Gasteiger partial charge on any atom is 0.124 e. The summed E-state index contributed by atoms with van der Waals surface area (Å²) < 4.78 is 1.78. The predicted octanol–water partition coefficient (Wildman–Crippen LogP) is 1.58. The summed E-state index contributed by atoms with van der Waals surface area (Å²) in [6.07, 6.45) is 3.93. The molecule has 12 heavy (non-hydrogen) atoms. The first-order valence-electron chi connectivity index (χ1n) is 4.49. The lowest BCUT2D eigenvalue weighted by molar-refractivity contribution is 0.406. The Hall–Kier alpha value is -0.990. The molecule has 1 fully saturated rings. The van der Waals surface area contributed by atoms with Gasteiger partial charge in [0.05, 0.1) is 5.69 Å². The number of anilines is 1. The quantitative estimate of drug-likeness (QED) is 0.686. The highest BCUT2D eigenvalue weighted by Crippen LogP contribution is 2.38. The number of nitrogen functional groups attached to an aromatic ring is 1. The van der Waals surface area contributed by atoms with Crippen molar-refractivity contribution in [2.24, 2.45) is 7.05 Å². The minimum absolute atomic E-state index is 0.688. The highest BCUT2D eigenvalue weighted by molar-refractivity contribution is 5.43. The van der Waals surface area contributed by atoms with E-state index in [0.29, 0.717) is 5.92 Å². The van der Waals surface area contributed by atoms with E-state index in [2.05, 4.69) is 12.0 Å². The van der Waals surface area contributed by atoms with Crippen LogP contribution in [0.25, 0.3) is 0 Å². The van der Waals surface area contributed by atoms with Crippen molar-refractivity contribution in [1.82, 2.24) is 9.78 Å². The molecule has 3 heteroatoms. The Balaban J connectivity index is 2.36. The molecule has 0 aromatic carbocycles. The molecule has 0 aliphatic heterocycles. The maximum absolute atomic E-state index is 5.82. The van der Waals surface area contributed by atoms with E-state index in [1.807, 2.05) is 7.05 Å². The first-order valence-corrected chi connectivity index (χ1v) is 4.49. The maximum atomic E-state index is 5.82. The Bertz CT molecular complexity index is 297. The number of aryl methyl sites for hydroxylation is 1. The van der Waals surface area contributed by atoms with Gasteiger partial charge >= 0.3 is 0 Å². The monoisotopic (exact) mass is 165 g/mol. The second kappa shape index (κ2) is 2.51. The van der Waals surface area contributed by atoms with Crippen molar-refractivity contribution in [3.05, 3.63) is 11.3 Å². The average molecular weight is 165 g/mol. The van der Waals surface area contributed by atoms with Gasteiger partial charge in [-0.2, -0.15) is 5.10 Å². The highest BCUT2D eigenvalue weighted by atomic mass is 15.3. The van der Waals surface area contributed by atoms with Crippen LogP contribution in [0.5, 0.6) is 0 Å². The molecular formula is C9H15N3. The third-order valence-corrected chi connectivity index (χ3v) is 2.87. The van der Waals surface area contributed by atoms with E-state index in [-0.39, 0.29) is 0 Å².